The molecule has 0 bridgehead atoms. The summed E-state index contributed by atoms with van der Waals surface area (Å²) in [5.74, 6) is -0.407. The molecule has 0 atom stereocenters. The first kappa shape index (κ1) is 18.5. The third-order valence-corrected chi connectivity index (χ3v) is 4.82. The first-order chi connectivity index (χ1) is 14.1. The molecule has 0 aliphatic heterocycles. The minimum absolute atomic E-state index is 0.00829. The number of carbonyl (C=O) groups is 1. The van der Waals surface area contributed by atoms with E-state index >= 15 is 0 Å². The number of hydrogen-bond donors (Lipinski definition) is 1. The largest absolute Gasteiger partial charge is 0.320 e. The zero-order valence-corrected chi connectivity index (χ0v) is 15.6. The summed E-state index contributed by atoms with van der Waals surface area (Å²) in [4.78, 5) is 26.9. The van der Waals surface area contributed by atoms with Gasteiger partial charge in [0.1, 0.15) is 5.69 Å². The van der Waals surface area contributed by atoms with E-state index in [0.717, 1.165) is 17.3 Å². The second-order valence-electron chi connectivity index (χ2n) is 5.82. The molecule has 3 aromatic heterocycles. The van der Waals surface area contributed by atoms with Gasteiger partial charge in [0.15, 0.2) is 5.65 Å². The summed E-state index contributed by atoms with van der Waals surface area (Å²) >= 11 is 1.13. The van der Waals surface area contributed by atoms with Crippen LogP contribution in [-0.4, -0.2) is 41.4 Å². The molecule has 0 aliphatic rings. The average Bonchev–Trinajstić information content (AvgIpc) is 3.15. The van der Waals surface area contributed by atoms with E-state index < -0.39 is 10.8 Å². The Bertz CT molecular complexity index is 1200. The second-order valence-corrected chi connectivity index (χ2v) is 6.77. The van der Waals surface area contributed by atoms with Crippen LogP contribution in [0.4, 0.5) is 11.4 Å². The maximum absolute atomic E-state index is 12.3. The lowest BCUT2D eigenvalue weighted by Crippen LogP contribution is -2.15. The number of rotatable bonds is 6. The molecular formula is C18H13N7O3S. The van der Waals surface area contributed by atoms with E-state index in [1.165, 1.54) is 18.2 Å². The van der Waals surface area contributed by atoms with Gasteiger partial charge < -0.3 is 5.32 Å². The monoisotopic (exact) mass is 407 g/mol. The van der Waals surface area contributed by atoms with Crippen molar-refractivity contribution in [1.82, 2.24) is 24.8 Å². The Hall–Kier alpha value is -3.86. The molecule has 1 aromatic carbocycles. The van der Waals surface area contributed by atoms with Crippen molar-refractivity contribution in [3.63, 3.8) is 0 Å². The van der Waals surface area contributed by atoms with Gasteiger partial charge in [0.2, 0.25) is 11.1 Å². The number of benzene rings is 1. The molecular weight excluding hydrogens is 394 g/mol. The van der Waals surface area contributed by atoms with Crippen molar-refractivity contribution in [3.8, 4) is 11.3 Å². The van der Waals surface area contributed by atoms with Crippen molar-refractivity contribution in [3.05, 3.63) is 71.0 Å². The van der Waals surface area contributed by atoms with Gasteiger partial charge in [-0.2, -0.15) is 9.61 Å². The lowest BCUT2D eigenvalue weighted by Gasteiger charge is -2.05. The fraction of sp³-hybridized carbons (Fsp3) is 0.0556. The third-order valence-electron chi connectivity index (χ3n) is 3.90. The predicted octanol–water partition coefficient (Wildman–Crippen LogP) is 2.83. The third kappa shape index (κ3) is 4.04. The number of hydrogen-bond acceptors (Lipinski definition) is 8. The van der Waals surface area contributed by atoms with Gasteiger partial charge in [-0.3, -0.25) is 19.9 Å². The number of fused-ring (bicyclic) bond motifs is 1. The lowest BCUT2D eigenvalue weighted by atomic mass is 10.2. The predicted molar refractivity (Wildman–Crippen MR) is 106 cm³/mol. The van der Waals surface area contributed by atoms with Crippen molar-refractivity contribution < 1.29 is 9.72 Å². The van der Waals surface area contributed by atoms with Crippen LogP contribution < -0.4 is 5.32 Å². The summed E-state index contributed by atoms with van der Waals surface area (Å²) in [6.07, 6.45) is 3.38. The van der Waals surface area contributed by atoms with Gasteiger partial charge in [-0.15, -0.1) is 10.2 Å². The molecule has 4 rings (SSSR count). The number of pyridine rings is 1. The summed E-state index contributed by atoms with van der Waals surface area (Å²) in [5.41, 5.74) is 2.05. The maximum Gasteiger partial charge on any atom is 0.292 e. The van der Waals surface area contributed by atoms with Crippen molar-refractivity contribution in [1.29, 1.82) is 0 Å². The SMILES string of the molecule is O=C(CSc1nnc2ccc(-c3cccnc3)nn12)Nc1ccccc1[N+](=O)[O-]. The standard InChI is InChI=1S/C18H13N7O3S/c26-17(20-14-5-1-2-6-15(14)25(27)28)11-29-18-22-21-16-8-7-13(23-24(16)18)12-4-3-9-19-10-12/h1-10H,11H2,(H,20,26). The van der Waals surface area contributed by atoms with Gasteiger partial charge in [-0.05, 0) is 30.3 Å². The van der Waals surface area contributed by atoms with Crippen molar-refractivity contribution in [2.75, 3.05) is 11.1 Å². The van der Waals surface area contributed by atoms with Crippen LogP contribution in [0.25, 0.3) is 16.9 Å². The fourth-order valence-corrected chi connectivity index (χ4v) is 3.27. The highest BCUT2D eigenvalue weighted by atomic mass is 32.2. The van der Waals surface area contributed by atoms with Crippen LogP contribution in [0.1, 0.15) is 0 Å². The molecule has 0 aliphatic carbocycles. The van der Waals surface area contributed by atoms with Crippen LogP contribution in [0, 0.1) is 10.1 Å². The van der Waals surface area contributed by atoms with Crippen LogP contribution in [0.15, 0.2) is 66.1 Å². The van der Waals surface area contributed by atoms with Crippen molar-refractivity contribution >= 4 is 34.7 Å². The second kappa shape index (κ2) is 8.02. The van der Waals surface area contributed by atoms with Gasteiger partial charge in [-0.25, -0.2) is 0 Å². The number of amides is 1. The van der Waals surface area contributed by atoms with Crippen LogP contribution in [-0.2, 0) is 4.79 Å². The number of carbonyl (C=O) groups excluding carboxylic acids is 1. The van der Waals surface area contributed by atoms with E-state index in [1.54, 1.807) is 29.0 Å². The fourth-order valence-electron chi connectivity index (χ4n) is 2.58. The number of anilines is 1. The Morgan fingerprint density at radius 3 is 2.79 bits per heavy atom. The molecule has 0 radical (unpaired) electrons. The summed E-state index contributed by atoms with van der Waals surface area (Å²) < 4.78 is 1.55. The first-order valence-electron chi connectivity index (χ1n) is 8.41. The molecule has 4 aromatic rings. The number of thioether (sulfide) groups is 1. The number of nitro groups is 1. The quantitative estimate of drug-likeness (QED) is 0.293. The van der Waals surface area contributed by atoms with Gasteiger partial charge >= 0.3 is 0 Å². The zero-order valence-electron chi connectivity index (χ0n) is 14.8. The van der Waals surface area contributed by atoms with Crippen LogP contribution in [0.2, 0.25) is 0 Å². The Labute approximate surface area is 168 Å². The minimum Gasteiger partial charge on any atom is -0.320 e. The minimum atomic E-state index is -0.543. The molecule has 0 unspecified atom stereocenters. The molecule has 1 N–H and O–H groups in total. The maximum atomic E-state index is 12.3. The molecule has 1 amide bonds. The summed E-state index contributed by atoms with van der Waals surface area (Å²) in [6, 6.07) is 13.3. The van der Waals surface area contributed by atoms with Crippen molar-refractivity contribution in [2.24, 2.45) is 0 Å². The van der Waals surface area contributed by atoms with Crippen LogP contribution in [0.3, 0.4) is 0 Å². The summed E-state index contributed by atoms with van der Waals surface area (Å²) in [6.45, 7) is 0. The normalized spacial score (nSPS) is 10.8. The number of nitrogens with one attached hydrogen (secondary N) is 1. The van der Waals surface area contributed by atoms with Crippen molar-refractivity contribution in [2.45, 2.75) is 5.16 Å². The highest BCUT2D eigenvalue weighted by Gasteiger charge is 2.16. The molecule has 0 saturated heterocycles. The molecule has 11 heteroatoms. The highest BCUT2D eigenvalue weighted by molar-refractivity contribution is 7.99. The van der Waals surface area contributed by atoms with E-state index in [-0.39, 0.29) is 17.1 Å². The van der Waals surface area contributed by atoms with Gasteiger partial charge in [-0.1, -0.05) is 23.9 Å². The van der Waals surface area contributed by atoms with Gasteiger partial charge in [0.05, 0.1) is 16.4 Å². The summed E-state index contributed by atoms with van der Waals surface area (Å²) in [7, 11) is 0. The Morgan fingerprint density at radius 2 is 2.00 bits per heavy atom. The lowest BCUT2D eigenvalue weighted by molar-refractivity contribution is -0.383. The van der Waals surface area contributed by atoms with Gasteiger partial charge in [0.25, 0.3) is 5.69 Å². The number of para-hydroxylation sites is 2. The van der Waals surface area contributed by atoms with E-state index in [9.17, 15) is 14.9 Å². The number of nitrogens with zero attached hydrogens (tertiary/aromatic N) is 6. The molecule has 10 nitrogen and oxygen atoms in total. The van der Waals surface area contributed by atoms with Crippen LogP contribution >= 0.6 is 11.8 Å². The topological polar surface area (TPSA) is 128 Å². The smallest absolute Gasteiger partial charge is 0.292 e. The molecule has 0 spiro atoms. The number of nitro benzene ring substituents is 1. The van der Waals surface area contributed by atoms with Gasteiger partial charge in [0, 0.05) is 24.0 Å². The Morgan fingerprint density at radius 1 is 1.14 bits per heavy atom. The molecule has 29 heavy (non-hydrogen) atoms. The Balaban J connectivity index is 1.50. The molecule has 0 saturated carbocycles. The molecule has 0 fully saturated rings. The van der Waals surface area contributed by atoms with E-state index in [0.29, 0.717) is 16.5 Å². The molecule has 3 heterocycles. The Kier molecular flexibility index (Phi) is 5.12. The van der Waals surface area contributed by atoms with E-state index in [4.69, 9.17) is 0 Å². The average molecular weight is 407 g/mol. The summed E-state index contributed by atoms with van der Waals surface area (Å²) in [5, 5.41) is 26.7. The van der Waals surface area contributed by atoms with E-state index in [1.807, 2.05) is 18.2 Å². The number of aromatic nitrogens is 5. The van der Waals surface area contributed by atoms with E-state index in [2.05, 4.69) is 25.6 Å². The molecule has 144 valence electrons. The first-order valence-corrected chi connectivity index (χ1v) is 9.39. The highest BCUT2D eigenvalue weighted by Crippen LogP contribution is 2.24. The zero-order chi connectivity index (χ0) is 20.2. The van der Waals surface area contributed by atoms with Crippen LogP contribution in [0.5, 0.6) is 0 Å².